The molecular formula is C22H18N4O6. The Morgan fingerprint density at radius 3 is 1.16 bits per heavy atom. The predicted octanol–water partition coefficient (Wildman–Crippen LogP) is 2.77. The van der Waals surface area contributed by atoms with Crippen molar-refractivity contribution >= 4 is 46.5 Å². The average Bonchev–Trinajstić information content (AvgIpc) is 2.75. The van der Waals surface area contributed by atoms with Crippen molar-refractivity contribution in [3.05, 3.63) is 82.9 Å². The number of hydrogen-bond acceptors (Lipinski definition) is 6. The molecule has 0 spiro atoms. The maximum absolute atomic E-state index is 11.9. The first kappa shape index (κ1) is 21.8. The Hall–Kier alpha value is -4.86. The maximum Gasteiger partial charge on any atom is 0.335 e. The highest BCUT2D eigenvalue weighted by Gasteiger charge is 2.18. The number of nitrogens with one attached hydrogen (secondary N) is 2. The molecule has 0 heterocycles. The van der Waals surface area contributed by atoms with E-state index in [4.69, 9.17) is 21.7 Å². The summed E-state index contributed by atoms with van der Waals surface area (Å²) in [5.41, 5.74) is 12.5. The van der Waals surface area contributed by atoms with Crippen LogP contribution in [0.3, 0.4) is 0 Å². The summed E-state index contributed by atoms with van der Waals surface area (Å²) < 4.78 is 0. The van der Waals surface area contributed by atoms with Crippen LogP contribution in [0.15, 0.2) is 60.7 Å². The van der Waals surface area contributed by atoms with Crippen LogP contribution in [0.5, 0.6) is 0 Å². The van der Waals surface area contributed by atoms with E-state index in [1.54, 1.807) is 0 Å². The van der Waals surface area contributed by atoms with Crippen LogP contribution in [-0.4, -0.2) is 34.0 Å². The molecule has 32 heavy (non-hydrogen) atoms. The second-order valence-electron chi connectivity index (χ2n) is 6.69. The molecular weight excluding hydrogens is 416 g/mol. The smallest absolute Gasteiger partial charge is 0.335 e. The van der Waals surface area contributed by atoms with Gasteiger partial charge in [-0.2, -0.15) is 0 Å². The van der Waals surface area contributed by atoms with Gasteiger partial charge >= 0.3 is 11.9 Å². The lowest BCUT2D eigenvalue weighted by Gasteiger charge is -2.17. The molecule has 0 fully saturated rings. The van der Waals surface area contributed by atoms with Gasteiger partial charge in [-0.25, -0.2) is 9.59 Å². The number of aromatic carboxylic acids is 2. The summed E-state index contributed by atoms with van der Waals surface area (Å²) >= 11 is 0. The van der Waals surface area contributed by atoms with E-state index in [1.807, 2.05) is 0 Å². The van der Waals surface area contributed by atoms with Crippen LogP contribution in [0.2, 0.25) is 0 Å². The molecule has 0 aliphatic rings. The molecule has 0 unspecified atom stereocenters. The third kappa shape index (κ3) is 4.82. The molecule has 0 atom stereocenters. The number of carboxylic acid groups (broad SMARTS) is 2. The van der Waals surface area contributed by atoms with E-state index < -0.39 is 23.8 Å². The van der Waals surface area contributed by atoms with Crippen LogP contribution in [0.25, 0.3) is 0 Å². The second-order valence-corrected chi connectivity index (χ2v) is 6.69. The molecule has 3 aromatic carbocycles. The molecule has 10 heteroatoms. The number of primary amides is 2. The molecule has 3 aromatic rings. The highest BCUT2D eigenvalue weighted by Crippen LogP contribution is 2.32. The topological polar surface area (TPSA) is 185 Å². The fourth-order valence-electron chi connectivity index (χ4n) is 2.92. The highest BCUT2D eigenvalue weighted by molar-refractivity contribution is 6.08. The number of carbonyl (C=O) groups is 4. The van der Waals surface area contributed by atoms with Crippen LogP contribution in [0.1, 0.15) is 41.4 Å². The molecule has 0 saturated heterocycles. The Balaban J connectivity index is 2.05. The van der Waals surface area contributed by atoms with Crippen molar-refractivity contribution in [2.45, 2.75) is 0 Å². The van der Waals surface area contributed by atoms with Crippen LogP contribution in [0, 0.1) is 0 Å². The van der Waals surface area contributed by atoms with E-state index in [1.165, 1.54) is 60.7 Å². The van der Waals surface area contributed by atoms with Crippen LogP contribution in [-0.2, 0) is 0 Å². The lowest BCUT2D eigenvalue weighted by atomic mass is 10.0. The van der Waals surface area contributed by atoms with E-state index in [0.717, 1.165) is 0 Å². The fourth-order valence-corrected chi connectivity index (χ4v) is 2.92. The lowest BCUT2D eigenvalue weighted by Crippen LogP contribution is -2.21. The van der Waals surface area contributed by atoms with E-state index in [2.05, 4.69) is 10.6 Å². The van der Waals surface area contributed by atoms with Crippen LogP contribution < -0.4 is 22.1 Å². The zero-order valence-corrected chi connectivity index (χ0v) is 16.5. The van der Waals surface area contributed by atoms with Gasteiger partial charge in [-0.05, 0) is 60.7 Å². The van der Waals surface area contributed by atoms with Gasteiger partial charge in [-0.15, -0.1) is 0 Å². The molecule has 162 valence electrons. The minimum Gasteiger partial charge on any atom is -0.478 e. The normalized spacial score (nSPS) is 10.2. The molecule has 8 N–H and O–H groups in total. The van der Waals surface area contributed by atoms with Crippen LogP contribution in [0.4, 0.5) is 22.7 Å². The van der Waals surface area contributed by atoms with Gasteiger partial charge in [-0.3, -0.25) is 9.59 Å². The molecule has 0 saturated carbocycles. The largest absolute Gasteiger partial charge is 0.478 e. The van der Waals surface area contributed by atoms with Crippen molar-refractivity contribution in [1.82, 2.24) is 0 Å². The second kappa shape index (κ2) is 8.88. The van der Waals surface area contributed by atoms with Crippen molar-refractivity contribution < 1.29 is 29.4 Å². The molecule has 2 amide bonds. The SMILES string of the molecule is NC(=O)c1cc(Nc2ccc(C(=O)O)cc2)c(Nc2ccc(C(=O)O)cc2)cc1C(N)=O. The monoisotopic (exact) mass is 434 g/mol. The number of hydrogen-bond donors (Lipinski definition) is 6. The number of amides is 2. The van der Waals surface area contributed by atoms with Gasteiger partial charge in [0.15, 0.2) is 0 Å². The lowest BCUT2D eigenvalue weighted by molar-refractivity contribution is 0.0686. The van der Waals surface area contributed by atoms with Crippen LogP contribution >= 0.6 is 0 Å². The van der Waals surface area contributed by atoms with Gasteiger partial charge < -0.3 is 32.3 Å². The Kier molecular flexibility index (Phi) is 6.06. The summed E-state index contributed by atoms with van der Waals surface area (Å²) in [5.74, 6) is -3.88. The zero-order chi connectivity index (χ0) is 23.4. The van der Waals surface area contributed by atoms with Gasteiger partial charge in [0.2, 0.25) is 11.8 Å². The van der Waals surface area contributed by atoms with Gasteiger partial charge in [0.25, 0.3) is 0 Å². The first-order valence-corrected chi connectivity index (χ1v) is 9.14. The Morgan fingerprint density at radius 2 is 0.906 bits per heavy atom. The molecule has 0 bridgehead atoms. The number of benzene rings is 3. The summed E-state index contributed by atoms with van der Waals surface area (Å²) in [6, 6.07) is 14.4. The summed E-state index contributed by atoms with van der Waals surface area (Å²) in [6.07, 6.45) is 0. The van der Waals surface area contributed by atoms with E-state index >= 15 is 0 Å². The van der Waals surface area contributed by atoms with Gasteiger partial charge in [0.1, 0.15) is 0 Å². The number of carboxylic acids is 2. The van der Waals surface area contributed by atoms with Gasteiger partial charge in [-0.1, -0.05) is 0 Å². The predicted molar refractivity (Wildman–Crippen MR) is 117 cm³/mol. The fraction of sp³-hybridized carbons (Fsp3) is 0. The number of nitrogens with two attached hydrogens (primary N) is 2. The van der Waals surface area contributed by atoms with Gasteiger partial charge in [0.05, 0.1) is 33.6 Å². The molecule has 10 nitrogen and oxygen atoms in total. The van der Waals surface area contributed by atoms with E-state index in [0.29, 0.717) is 22.7 Å². The molecule has 0 aromatic heterocycles. The highest BCUT2D eigenvalue weighted by atomic mass is 16.4. The van der Waals surface area contributed by atoms with Gasteiger partial charge in [0, 0.05) is 11.4 Å². The number of carbonyl (C=O) groups excluding carboxylic acids is 2. The summed E-state index contributed by atoms with van der Waals surface area (Å²) in [6.45, 7) is 0. The van der Waals surface area contributed by atoms with Crippen molar-refractivity contribution in [2.75, 3.05) is 10.6 Å². The summed E-state index contributed by atoms with van der Waals surface area (Å²) in [7, 11) is 0. The first-order chi connectivity index (χ1) is 15.2. The van der Waals surface area contributed by atoms with Crippen molar-refractivity contribution in [1.29, 1.82) is 0 Å². The first-order valence-electron chi connectivity index (χ1n) is 9.14. The van der Waals surface area contributed by atoms with E-state index in [-0.39, 0.29) is 22.3 Å². The van der Waals surface area contributed by atoms with Crippen molar-refractivity contribution in [3.8, 4) is 0 Å². The Bertz CT molecular complexity index is 1120. The third-order valence-electron chi connectivity index (χ3n) is 4.51. The molecule has 0 aliphatic carbocycles. The third-order valence-corrected chi connectivity index (χ3v) is 4.51. The van der Waals surface area contributed by atoms with Crippen molar-refractivity contribution in [2.24, 2.45) is 11.5 Å². The Labute approximate surface area is 181 Å². The summed E-state index contributed by atoms with van der Waals surface area (Å²) in [5, 5.41) is 24.2. The minimum atomic E-state index is -1.08. The van der Waals surface area contributed by atoms with E-state index in [9.17, 15) is 19.2 Å². The standard InChI is InChI=1S/C22H18N4O6/c23-19(27)15-9-17(25-13-5-1-11(2-6-13)21(29)30)18(10-16(15)20(24)28)26-14-7-3-12(4-8-14)22(31)32/h1-10,25-26H,(H2,23,27)(H2,24,28)(H,29,30)(H,31,32). The molecule has 0 radical (unpaired) electrons. The Morgan fingerprint density at radius 1 is 0.594 bits per heavy atom. The quantitative estimate of drug-likeness (QED) is 0.312. The summed E-state index contributed by atoms with van der Waals surface area (Å²) in [4.78, 5) is 45.8. The number of anilines is 4. The molecule has 3 rings (SSSR count). The molecule has 0 aliphatic heterocycles. The zero-order valence-electron chi connectivity index (χ0n) is 16.5. The minimum absolute atomic E-state index is 0.0920. The average molecular weight is 434 g/mol. The number of rotatable bonds is 8. The maximum atomic E-state index is 11.9. The van der Waals surface area contributed by atoms with Crippen molar-refractivity contribution in [3.63, 3.8) is 0 Å².